The summed E-state index contributed by atoms with van der Waals surface area (Å²) in [4.78, 5) is 26.1. The Hall–Kier alpha value is -2.57. The number of morpholine rings is 1. The quantitative estimate of drug-likeness (QED) is 0.875. The lowest BCUT2D eigenvalue weighted by atomic mass is 10.1. The summed E-state index contributed by atoms with van der Waals surface area (Å²) in [5.74, 6) is -1.56. The van der Waals surface area contributed by atoms with Crippen molar-refractivity contribution < 1.29 is 19.4 Å². The van der Waals surface area contributed by atoms with Crippen molar-refractivity contribution in [2.75, 3.05) is 36.5 Å². The van der Waals surface area contributed by atoms with E-state index in [2.05, 4.69) is 10.2 Å². The number of nitrogens with one attached hydrogen (secondary N) is 1. The Morgan fingerprint density at radius 3 is 2.48 bits per heavy atom. The predicted octanol–water partition coefficient (Wildman–Crippen LogP) is 3.13. The lowest BCUT2D eigenvalue weighted by Crippen LogP contribution is -2.36. The van der Waals surface area contributed by atoms with E-state index in [4.69, 9.17) is 16.3 Å². The number of halogens is 1. The van der Waals surface area contributed by atoms with Gasteiger partial charge in [-0.3, -0.25) is 4.79 Å². The summed E-state index contributed by atoms with van der Waals surface area (Å²) < 4.78 is 5.31. The molecule has 1 amide bonds. The predicted molar refractivity (Wildman–Crippen MR) is 95.8 cm³/mol. The van der Waals surface area contributed by atoms with Crippen LogP contribution in [-0.4, -0.2) is 43.3 Å². The maximum Gasteiger partial charge on any atom is 0.337 e. The zero-order chi connectivity index (χ0) is 17.8. The normalized spacial score (nSPS) is 14.2. The number of rotatable bonds is 4. The van der Waals surface area contributed by atoms with Crippen LogP contribution in [0.4, 0.5) is 11.4 Å². The first-order valence-electron chi connectivity index (χ1n) is 7.82. The van der Waals surface area contributed by atoms with E-state index in [9.17, 15) is 14.7 Å². The molecule has 25 heavy (non-hydrogen) atoms. The van der Waals surface area contributed by atoms with Crippen LogP contribution in [0.1, 0.15) is 20.7 Å². The molecule has 7 heteroatoms. The Balaban J connectivity index is 1.87. The van der Waals surface area contributed by atoms with Crippen LogP contribution in [0, 0.1) is 0 Å². The molecule has 6 nitrogen and oxygen atoms in total. The lowest BCUT2D eigenvalue weighted by molar-refractivity contribution is 0.0698. The van der Waals surface area contributed by atoms with Gasteiger partial charge in [0.1, 0.15) is 0 Å². The summed E-state index contributed by atoms with van der Waals surface area (Å²) in [6, 6.07) is 11.6. The molecule has 0 spiro atoms. The van der Waals surface area contributed by atoms with Gasteiger partial charge in [0.2, 0.25) is 0 Å². The van der Waals surface area contributed by atoms with E-state index in [1.807, 2.05) is 0 Å². The first-order chi connectivity index (χ1) is 12.1. The number of carboxylic acids is 1. The van der Waals surface area contributed by atoms with E-state index < -0.39 is 11.9 Å². The fourth-order valence-corrected chi connectivity index (χ4v) is 2.89. The fourth-order valence-electron chi connectivity index (χ4n) is 2.67. The van der Waals surface area contributed by atoms with Crippen LogP contribution in [0.15, 0.2) is 42.5 Å². The molecule has 1 aliphatic rings. The molecule has 1 aliphatic heterocycles. The lowest BCUT2D eigenvalue weighted by Gasteiger charge is -2.29. The summed E-state index contributed by atoms with van der Waals surface area (Å²) in [6.07, 6.45) is 0. The number of benzene rings is 2. The third kappa shape index (κ3) is 3.92. The van der Waals surface area contributed by atoms with E-state index in [0.29, 0.717) is 31.3 Å². The highest BCUT2D eigenvalue weighted by atomic mass is 35.5. The standard InChI is InChI=1S/C18H17ClN2O4/c19-15-4-2-1-3-13(15)17(22)20-16-6-5-12(11-14(16)18(23)24)21-7-9-25-10-8-21/h1-6,11H,7-10H2,(H,20,22)(H,23,24). The average Bonchev–Trinajstić information content (AvgIpc) is 2.63. The van der Waals surface area contributed by atoms with Gasteiger partial charge in [0, 0.05) is 18.8 Å². The molecule has 130 valence electrons. The molecule has 2 aromatic rings. The zero-order valence-electron chi connectivity index (χ0n) is 13.4. The number of amides is 1. The smallest absolute Gasteiger partial charge is 0.337 e. The summed E-state index contributed by atoms with van der Waals surface area (Å²) in [5.41, 5.74) is 1.34. The molecule has 0 unspecified atom stereocenters. The average molecular weight is 361 g/mol. The summed E-state index contributed by atoms with van der Waals surface area (Å²) in [6.45, 7) is 2.61. The van der Waals surface area contributed by atoms with Crippen molar-refractivity contribution >= 4 is 34.9 Å². The number of nitrogens with zero attached hydrogens (tertiary/aromatic N) is 1. The molecule has 0 atom stereocenters. The SMILES string of the molecule is O=C(Nc1ccc(N2CCOCC2)cc1C(=O)O)c1ccccc1Cl. The number of aromatic carboxylic acids is 1. The van der Waals surface area contributed by atoms with Crippen molar-refractivity contribution in [1.82, 2.24) is 0 Å². The number of carbonyl (C=O) groups is 2. The molecule has 1 fully saturated rings. The molecule has 0 aromatic heterocycles. The number of hydrogen-bond donors (Lipinski definition) is 2. The number of anilines is 2. The Labute approximate surface area is 150 Å². The summed E-state index contributed by atoms with van der Waals surface area (Å²) in [5, 5.41) is 12.4. The van der Waals surface area contributed by atoms with Crippen LogP contribution in [0.25, 0.3) is 0 Å². The monoisotopic (exact) mass is 360 g/mol. The number of carbonyl (C=O) groups excluding carboxylic acids is 1. The number of hydrogen-bond acceptors (Lipinski definition) is 4. The Kier molecular flexibility index (Phi) is 5.21. The van der Waals surface area contributed by atoms with E-state index >= 15 is 0 Å². The molecule has 0 radical (unpaired) electrons. The Bertz CT molecular complexity index is 803. The molecule has 1 saturated heterocycles. The van der Waals surface area contributed by atoms with Gasteiger partial charge in [-0.25, -0.2) is 4.79 Å². The van der Waals surface area contributed by atoms with Gasteiger partial charge in [0.15, 0.2) is 0 Å². The van der Waals surface area contributed by atoms with Crippen LogP contribution >= 0.6 is 11.6 Å². The maximum absolute atomic E-state index is 12.4. The molecule has 3 rings (SSSR count). The van der Waals surface area contributed by atoms with Crippen molar-refractivity contribution in [3.05, 3.63) is 58.6 Å². The minimum atomic E-state index is -1.11. The van der Waals surface area contributed by atoms with Gasteiger partial charge in [-0.2, -0.15) is 0 Å². The van der Waals surface area contributed by atoms with Crippen molar-refractivity contribution in [3.63, 3.8) is 0 Å². The second kappa shape index (κ2) is 7.55. The molecule has 1 heterocycles. The highest BCUT2D eigenvalue weighted by Crippen LogP contribution is 2.25. The highest BCUT2D eigenvalue weighted by Gasteiger charge is 2.18. The van der Waals surface area contributed by atoms with Gasteiger partial charge >= 0.3 is 5.97 Å². The van der Waals surface area contributed by atoms with Gasteiger partial charge in [-0.05, 0) is 30.3 Å². The Morgan fingerprint density at radius 1 is 1.08 bits per heavy atom. The molecule has 0 bridgehead atoms. The second-order valence-electron chi connectivity index (χ2n) is 5.57. The number of carboxylic acid groups (broad SMARTS) is 1. The van der Waals surface area contributed by atoms with Crippen LogP contribution in [0.5, 0.6) is 0 Å². The van der Waals surface area contributed by atoms with Crippen LogP contribution in [0.3, 0.4) is 0 Å². The van der Waals surface area contributed by atoms with Crippen molar-refractivity contribution in [3.8, 4) is 0 Å². The van der Waals surface area contributed by atoms with E-state index in [1.54, 1.807) is 42.5 Å². The second-order valence-corrected chi connectivity index (χ2v) is 5.98. The minimum absolute atomic E-state index is 0.0318. The summed E-state index contributed by atoms with van der Waals surface area (Å²) >= 11 is 6.02. The minimum Gasteiger partial charge on any atom is -0.478 e. The van der Waals surface area contributed by atoms with Crippen LogP contribution in [-0.2, 0) is 4.74 Å². The van der Waals surface area contributed by atoms with E-state index in [1.165, 1.54) is 0 Å². The third-order valence-electron chi connectivity index (χ3n) is 3.98. The number of ether oxygens (including phenoxy) is 1. The van der Waals surface area contributed by atoms with E-state index in [-0.39, 0.29) is 16.8 Å². The molecule has 0 aliphatic carbocycles. The van der Waals surface area contributed by atoms with Crippen LogP contribution < -0.4 is 10.2 Å². The zero-order valence-corrected chi connectivity index (χ0v) is 14.1. The molecule has 2 aromatic carbocycles. The Morgan fingerprint density at radius 2 is 1.80 bits per heavy atom. The van der Waals surface area contributed by atoms with Crippen molar-refractivity contribution in [1.29, 1.82) is 0 Å². The van der Waals surface area contributed by atoms with Crippen molar-refractivity contribution in [2.45, 2.75) is 0 Å². The molecule has 0 saturated carbocycles. The molecular weight excluding hydrogens is 344 g/mol. The van der Waals surface area contributed by atoms with Gasteiger partial charge in [0.05, 0.1) is 35.1 Å². The van der Waals surface area contributed by atoms with Crippen LogP contribution in [0.2, 0.25) is 5.02 Å². The fraction of sp³-hybridized carbons (Fsp3) is 0.222. The first kappa shape index (κ1) is 17.3. The topological polar surface area (TPSA) is 78.9 Å². The molecular formula is C18H17ClN2O4. The van der Waals surface area contributed by atoms with Gasteiger partial charge in [-0.15, -0.1) is 0 Å². The maximum atomic E-state index is 12.4. The van der Waals surface area contributed by atoms with Crippen molar-refractivity contribution in [2.24, 2.45) is 0 Å². The highest BCUT2D eigenvalue weighted by molar-refractivity contribution is 6.34. The molecule has 2 N–H and O–H groups in total. The summed E-state index contributed by atoms with van der Waals surface area (Å²) in [7, 11) is 0. The van der Waals surface area contributed by atoms with Gasteiger partial charge in [0.25, 0.3) is 5.91 Å². The van der Waals surface area contributed by atoms with Gasteiger partial charge in [-0.1, -0.05) is 23.7 Å². The van der Waals surface area contributed by atoms with E-state index in [0.717, 1.165) is 5.69 Å². The van der Waals surface area contributed by atoms with Gasteiger partial charge < -0.3 is 20.1 Å². The third-order valence-corrected chi connectivity index (χ3v) is 4.31. The largest absolute Gasteiger partial charge is 0.478 e. The first-order valence-corrected chi connectivity index (χ1v) is 8.20.